The molecule has 0 heterocycles. The first-order chi connectivity index (χ1) is 4.59. The molecule has 1 amide bonds. The molecule has 0 saturated carbocycles. The van der Waals surface area contributed by atoms with Crippen LogP contribution in [-0.4, -0.2) is 23.7 Å². The smallest absolute Gasteiger partial charge is 0.233 e. The first kappa shape index (κ1) is 8.68. The van der Waals surface area contributed by atoms with Gasteiger partial charge in [0.2, 0.25) is 6.41 Å². The van der Waals surface area contributed by atoms with Crippen molar-refractivity contribution >= 4 is 23.7 Å². The molecule has 0 saturated heterocycles. The van der Waals surface area contributed by atoms with Crippen LogP contribution >= 0.6 is 0 Å². The van der Waals surface area contributed by atoms with Gasteiger partial charge in [0.25, 0.3) is 0 Å². The molecule has 0 unspecified atom stereocenters. The predicted octanol–water partition coefficient (Wildman–Crippen LogP) is -0.238. The van der Waals surface area contributed by atoms with E-state index in [4.69, 9.17) is 0 Å². The number of hydrogen-bond acceptors (Lipinski definition) is 3. The number of carbonyl (C=O) groups is 3. The molecule has 0 aliphatic carbocycles. The Balaban J connectivity index is 4.58. The van der Waals surface area contributed by atoms with Gasteiger partial charge in [-0.15, -0.1) is 0 Å². The number of aliphatic imine (C=N–C) groups is 1. The van der Waals surface area contributed by atoms with Crippen LogP contribution in [0.25, 0.3) is 0 Å². The molecular weight excluding hydrogens is 134 g/mol. The number of hydrogen-bond donors (Lipinski definition) is 0. The summed E-state index contributed by atoms with van der Waals surface area (Å²) in [6, 6.07) is 0. The summed E-state index contributed by atoms with van der Waals surface area (Å²) in [4.78, 5) is 33.7. The van der Waals surface area contributed by atoms with Crippen molar-refractivity contribution in [3.8, 4) is 0 Å². The Hall–Kier alpha value is -1.32. The fourth-order valence-electron chi connectivity index (χ4n) is 0.482. The molecule has 0 radical (unpaired) electrons. The molecule has 0 spiro atoms. The van der Waals surface area contributed by atoms with Gasteiger partial charge in [0, 0.05) is 13.8 Å². The maximum absolute atomic E-state index is 10.5. The fraction of sp³-hybridized carbons (Fsp3) is 0.333. The van der Waals surface area contributed by atoms with Crippen LogP contribution in [0, 0.1) is 0 Å². The highest BCUT2D eigenvalue weighted by molar-refractivity contribution is 6.65. The van der Waals surface area contributed by atoms with Crippen molar-refractivity contribution in [1.29, 1.82) is 0 Å². The van der Waals surface area contributed by atoms with Gasteiger partial charge in [-0.2, -0.15) is 0 Å². The van der Waals surface area contributed by atoms with Gasteiger partial charge in [-0.05, 0) is 0 Å². The van der Waals surface area contributed by atoms with Crippen molar-refractivity contribution in [3.63, 3.8) is 0 Å². The largest absolute Gasteiger partial charge is 0.293 e. The predicted molar refractivity (Wildman–Crippen MR) is 34.9 cm³/mol. The summed E-state index contributed by atoms with van der Waals surface area (Å²) in [5, 5.41) is 0. The first-order valence-electron chi connectivity index (χ1n) is 2.63. The minimum atomic E-state index is -0.486. The van der Waals surface area contributed by atoms with Crippen LogP contribution in [0.3, 0.4) is 0 Å². The average Bonchev–Trinajstić information content (AvgIpc) is 1.81. The molecule has 0 aliphatic rings. The van der Waals surface area contributed by atoms with Crippen LogP contribution in [0.4, 0.5) is 0 Å². The molecule has 4 nitrogen and oxygen atoms in total. The summed E-state index contributed by atoms with van der Waals surface area (Å²) in [6.07, 6.45) is 0.179. The van der Waals surface area contributed by atoms with E-state index in [0.717, 1.165) is 0 Å². The maximum atomic E-state index is 10.5. The second-order valence-electron chi connectivity index (χ2n) is 1.70. The topological polar surface area (TPSA) is 63.6 Å². The molecule has 0 aromatic carbocycles. The fourth-order valence-corrected chi connectivity index (χ4v) is 0.482. The number of ketones is 2. The summed E-state index contributed by atoms with van der Waals surface area (Å²) < 4.78 is 0. The lowest BCUT2D eigenvalue weighted by atomic mass is 10.2. The minimum absolute atomic E-state index is 0.179. The molecule has 0 atom stereocenters. The molecule has 0 aromatic rings. The van der Waals surface area contributed by atoms with E-state index in [1.807, 2.05) is 0 Å². The first-order valence-corrected chi connectivity index (χ1v) is 2.63. The third-order valence-electron chi connectivity index (χ3n) is 0.849. The highest BCUT2D eigenvalue weighted by atomic mass is 16.2. The molecule has 10 heavy (non-hydrogen) atoms. The van der Waals surface area contributed by atoms with Gasteiger partial charge in [0.05, 0.1) is 0 Å². The van der Waals surface area contributed by atoms with E-state index in [2.05, 4.69) is 4.99 Å². The van der Waals surface area contributed by atoms with Crippen LogP contribution in [-0.2, 0) is 14.4 Å². The van der Waals surface area contributed by atoms with Crippen molar-refractivity contribution < 1.29 is 14.4 Å². The van der Waals surface area contributed by atoms with Crippen molar-refractivity contribution in [2.24, 2.45) is 4.99 Å². The van der Waals surface area contributed by atoms with Crippen LogP contribution in [0.5, 0.6) is 0 Å². The Labute approximate surface area is 57.9 Å². The van der Waals surface area contributed by atoms with E-state index in [9.17, 15) is 14.4 Å². The van der Waals surface area contributed by atoms with E-state index >= 15 is 0 Å². The second-order valence-corrected chi connectivity index (χ2v) is 1.70. The molecule has 0 aromatic heterocycles. The molecule has 0 N–H and O–H groups in total. The number of nitrogens with zero attached hydrogens (tertiary/aromatic N) is 1. The van der Waals surface area contributed by atoms with Crippen molar-refractivity contribution in [3.05, 3.63) is 0 Å². The van der Waals surface area contributed by atoms with E-state index in [1.54, 1.807) is 0 Å². The zero-order chi connectivity index (χ0) is 8.15. The van der Waals surface area contributed by atoms with Crippen LogP contribution in [0.15, 0.2) is 4.99 Å². The number of amides is 1. The Kier molecular flexibility index (Phi) is 3.17. The second kappa shape index (κ2) is 3.66. The van der Waals surface area contributed by atoms with E-state index in [-0.39, 0.29) is 12.1 Å². The number of rotatable bonds is 3. The molecule has 0 rings (SSSR count). The summed E-state index contributed by atoms with van der Waals surface area (Å²) in [7, 11) is 0. The lowest BCUT2D eigenvalue weighted by molar-refractivity contribution is -0.115. The van der Waals surface area contributed by atoms with Gasteiger partial charge in [-0.25, -0.2) is 4.99 Å². The van der Waals surface area contributed by atoms with Gasteiger partial charge < -0.3 is 0 Å². The summed E-state index contributed by atoms with van der Waals surface area (Å²) in [5.41, 5.74) is -0.296. The molecule has 54 valence electrons. The lowest BCUT2D eigenvalue weighted by Gasteiger charge is -1.90. The minimum Gasteiger partial charge on any atom is -0.293 e. The van der Waals surface area contributed by atoms with Crippen LogP contribution < -0.4 is 0 Å². The third kappa shape index (κ3) is 2.30. The summed E-state index contributed by atoms with van der Waals surface area (Å²) >= 11 is 0. The molecule has 4 heteroatoms. The highest BCUT2D eigenvalue weighted by Crippen LogP contribution is 1.81. The van der Waals surface area contributed by atoms with Crippen molar-refractivity contribution in [1.82, 2.24) is 0 Å². The van der Waals surface area contributed by atoms with E-state index in [0.29, 0.717) is 0 Å². The lowest BCUT2D eigenvalue weighted by Crippen LogP contribution is -2.18. The van der Waals surface area contributed by atoms with Crippen molar-refractivity contribution in [2.45, 2.75) is 13.8 Å². The van der Waals surface area contributed by atoms with E-state index in [1.165, 1.54) is 13.8 Å². The SMILES string of the molecule is CC(=O)C(=NC=O)C(C)=O. The van der Waals surface area contributed by atoms with Crippen LogP contribution in [0.2, 0.25) is 0 Å². The summed E-state index contributed by atoms with van der Waals surface area (Å²) in [5.74, 6) is -0.973. The normalized spacial score (nSPS) is 8.20. The highest BCUT2D eigenvalue weighted by Gasteiger charge is 2.09. The Bertz CT molecular complexity index is 189. The van der Waals surface area contributed by atoms with E-state index < -0.39 is 11.6 Å². The third-order valence-corrected chi connectivity index (χ3v) is 0.849. The molecule has 0 bridgehead atoms. The standard InChI is InChI=1S/C6H7NO3/c1-4(9)6(5(2)10)7-3-8/h3H,1-2H3. The average molecular weight is 141 g/mol. The Morgan fingerprint density at radius 1 is 1.20 bits per heavy atom. The van der Waals surface area contributed by atoms with Gasteiger partial charge >= 0.3 is 0 Å². The Morgan fingerprint density at radius 3 is 1.70 bits per heavy atom. The molecular formula is C6H7NO3. The van der Waals surface area contributed by atoms with Gasteiger partial charge in [-0.3, -0.25) is 14.4 Å². The maximum Gasteiger partial charge on any atom is 0.233 e. The van der Waals surface area contributed by atoms with Gasteiger partial charge in [0.1, 0.15) is 0 Å². The number of carbonyl (C=O) groups excluding carboxylic acids is 3. The van der Waals surface area contributed by atoms with Gasteiger partial charge in [-0.1, -0.05) is 0 Å². The van der Waals surface area contributed by atoms with Crippen LogP contribution in [0.1, 0.15) is 13.8 Å². The van der Waals surface area contributed by atoms with Gasteiger partial charge in [0.15, 0.2) is 17.3 Å². The quantitative estimate of drug-likeness (QED) is 0.309. The number of Topliss-reactive ketones (excluding diaryl/α,β-unsaturated/α-hetero) is 2. The molecule has 0 aliphatic heterocycles. The zero-order valence-corrected chi connectivity index (χ0v) is 5.75. The monoisotopic (exact) mass is 141 g/mol. The molecule has 0 fully saturated rings. The zero-order valence-electron chi connectivity index (χ0n) is 5.75. The van der Waals surface area contributed by atoms with Crippen molar-refractivity contribution in [2.75, 3.05) is 0 Å². The Morgan fingerprint density at radius 2 is 1.60 bits per heavy atom. The summed E-state index contributed by atoms with van der Waals surface area (Å²) in [6.45, 7) is 2.37.